The Bertz CT molecular complexity index is 541. The molecule has 3 heterocycles. The van der Waals surface area contributed by atoms with Crippen LogP contribution < -0.4 is 0 Å². The maximum absolute atomic E-state index is 12.1. The summed E-state index contributed by atoms with van der Waals surface area (Å²) < 4.78 is 0. The van der Waals surface area contributed by atoms with Gasteiger partial charge in [-0.25, -0.2) is 4.98 Å². The number of carbonyl (C=O) groups excluding carboxylic acids is 1. The van der Waals surface area contributed by atoms with Crippen LogP contribution in [0.3, 0.4) is 0 Å². The molecule has 0 spiro atoms. The van der Waals surface area contributed by atoms with Gasteiger partial charge in [-0.3, -0.25) is 4.79 Å². The third-order valence-corrected chi connectivity index (χ3v) is 4.78. The quantitative estimate of drug-likeness (QED) is 0.835. The van der Waals surface area contributed by atoms with E-state index in [0.717, 1.165) is 40.7 Å². The molecule has 0 aromatic carbocycles. The van der Waals surface area contributed by atoms with Crippen LogP contribution in [0.25, 0.3) is 10.6 Å². The van der Waals surface area contributed by atoms with Gasteiger partial charge >= 0.3 is 0 Å². The molecule has 0 radical (unpaired) electrons. The highest BCUT2D eigenvalue weighted by Gasteiger charge is 2.25. The molecule has 1 aliphatic rings. The molecular weight excluding hydrogens is 252 g/mol. The Morgan fingerprint density at radius 1 is 1.47 bits per heavy atom. The van der Waals surface area contributed by atoms with E-state index in [9.17, 15) is 4.79 Å². The minimum absolute atomic E-state index is 0.146. The van der Waals surface area contributed by atoms with Crippen LogP contribution in [-0.2, 0) is 0 Å². The molecule has 1 amide bonds. The van der Waals surface area contributed by atoms with Gasteiger partial charge in [-0.2, -0.15) is 11.3 Å². The van der Waals surface area contributed by atoms with E-state index in [1.54, 1.807) is 11.3 Å². The fraction of sp³-hybridized carbons (Fsp3) is 0.333. The Balaban J connectivity index is 1.93. The third kappa shape index (κ3) is 1.89. The number of thiophene rings is 1. The number of likely N-dealkylation sites (tertiary alicyclic amines) is 1. The summed E-state index contributed by atoms with van der Waals surface area (Å²) in [5.41, 5.74) is 1.97. The van der Waals surface area contributed by atoms with Crippen molar-refractivity contribution in [2.75, 3.05) is 13.1 Å². The number of thiazole rings is 1. The maximum atomic E-state index is 12.1. The first-order valence-corrected chi connectivity index (χ1v) is 7.31. The summed E-state index contributed by atoms with van der Waals surface area (Å²) in [5, 5.41) is 5.05. The van der Waals surface area contributed by atoms with Crippen molar-refractivity contribution < 1.29 is 4.79 Å². The molecule has 0 unspecified atom stereocenters. The van der Waals surface area contributed by atoms with Crippen LogP contribution in [0.15, 0.2) is 16.8 Å². The van der Waals surface area contributed by atoms with E-state index >= 15 is 0 Å². The van der Waals surface area contributed by atoms with Gasteiger partial charge in [0.25, 0.3) is 5.91 Å². The topological polar surface area (TPSA) is 33.2 Å². The standard InChI is InChI=1S/C12H12N2OS2/c1-8-10(12(15)14-4-2-5-14)17-11(13-8)9-3-6-16-7-9/h3,6-7H,2,4-5H2,1H3. The van der Waals surface area contributed by atoms with E-state index in [1.807, 2.05) is 23.3 Å². The van der Waals surface area contributed by atoms with Crippen LogP contribution in [0.5, 0.6) is 0 Å². The van der Waals surface area contributed by atoms with Gasteiger partial charge in [0, 0.05) is 24.0 Å². The van der Waals surface area contributed by atoms with Gasteiger partial charge in [-0.1, -0.05) is 0 Å². The summed E-state index contributed by atoms with van der Waals surface area (Å²) in [6.45, 7) is 3.70. The number of carbonyl (C=O) groups is 1. The maximum Gasteiger partial charge on any atom is 0.265 e. The molecule has 2 aromatic heterocycles. The zero-order valence-electron chi connectivity index (χ0n) is 9.47. The Morgan fingerprint density at radius 2 is 2.29 bits per heavy atom. The Hall–Kier alpha value is -1.20. The lowest BCUT2D eigenvalue weighted by molar-refractivity contribution is 0.0656. The van der Waals surface area contributed by atoms with Crippen molar-refractivity contribution in [2.45, 2.75) is 13.3 Å². The second-order valence-corrected chi connectivity index (χ2v) is 5.87. The lowest BCUT2D eigenvalue weighted by atomic mass is 10.2. The Morgan fingerprint density at radius 3 is 2.88 bits per heavy atom. The highest BCUT2D eigenvalue weighted by Crippen LogP contribution is 2.30. The fourth-order valence-corrected chi connectivity index (χ4v) is 3.51. The lowest BCUT2D eigenvalue weighted by Crippen LogP contribution is -2.41. The van der Waals surface area contributed by atoms with E-state index in [1.165, 1.54) is 11.3 Å². The highest BCUT2D eigenvalue weighted by molar-refractivity contribution is 7.17. The van der Waals surface area contributed by atoms with Gasteiger partial charge in [0.05, 0.1) is 5.69 Å². The fourth-order valence-electron chi connectivity index (χ4n) is 1.77. The number of aromatic nitrogens is 1. The van der Waals surface area contributed by atoms with Crippen LogP contribution in [0.2, 0.25) is 0 Å². The molecule has 1 saturated heterocycles. The molecule has 17 heavy (non-hydrogen) atoms. The summed E-state index contributed by atoms with van der Waals surface area (Å²) >= 11 is 3.16. The average molecular weight is 264 g/mol. The van der Waals surface area contributed by atoms with Crippen molar-refractivity contribution in [3.8, 4) is 10.6 Å². The zero-order chi connectivity index (χ0) is 11.8. The number of hydrogen-bond donors (Lipinski definition) is 0. The molecule has 0 bridgehead atoms. The zero-order valence-corrected chi connectivity index (χ0v) is 11.1. The summed E-state index contributed by atoms with van der Waals surface area (Å²) in [6.07, 6.45) is 1.13. The summed E-state index contributed by atoms with van der Waals surface area (Å²) in [6, 6.07) is 2.04. The van der Waals surface area contributed by atoms with Crippen molar-refractivity contribution in [2.24, 2.45) is 0 Å². The Labute approximate surface area is 108 Å². The predicted molar refractivity (Wildman–Crippen MR) is 70.7 cm³/mol. The minimum atomic E-state index is 0.146. The van der Waals surface area contributed by atoms with Crippen LogP contribution in [0.4, 0.5) is 0 Å². The van der Waals surface area contributed by atoms with E-state index in [-0.39, 0.29) is 5.91 Å². The van der Waals surface area contributed by atoms with E-state index in [0.29, 0.717) is 0 Å². The van der Waals surface area contributed by atoms with E-state index < -0.39 is 0 Å². The van der Waals surface area contributed by atoms with Crippen molar-refractivity contribution in [1.29, 1.82) is 0 Å². The summed E-state index contributed by atoms with van der Waals surface area (Å²) in [4.78, 5) is 19.3. The molecule has 0 aliphatic carbocycles. The SMILES string of the molecule is Cc1nc(-c2ccsc2)sc1C(=O)N1CCC1. The van der Waals surface area contributed by atoms with Crippen LogP contribution in [0.1, 0.15) is 21.8 Å². The van der Waals surface area contributed by atoms with Crippen LogP contribution in [0, 0.1) is 6.92 Å². The van der Waals surface area contributed by atoms with Gasteiger partial charge in [0.2, 0.25) is 0 Å². The molecule has 5 heteroatoms. The first-order chi connectivity index (χ1) is 8.25. The molecule has 3 rings (SSSR count). The van der Waals surface area contributed by atoms with E-state index in [4.69, 9.17) is 0 Å². The van der Waals surface area contributed by atoms with Crippen molar-refractivity contribution in [1.82, 2.24) is 9.88 Å². The third-order valence-electron chi connectivity index (χ3n) is 2.90. The second-order valence-electron chi connectivity index (χ2n) is 4.09. The van der Waals surface area contributed by atoms with Gasteiger partial charge in [-0.15, -0.1) is 11.3 Å². The lowest BCUT2D eigenvalue weighted by Gasteiger charge is -2.30. The van der Waals surface area contributed by atoms with Crippen molar-refractivity contribution in [3.63, 3.8) is 0 Å². The first kappa shape index (κ1) is 10.9. The van der Waals surface area contributed by atoms with Gasteiger partial charge in [0.15, 0.2) is 0 Å². The molecule has 3 nitrogen and oxygen atoms in total. The van der Waals surface area contributed by atoms with Crippen molar-refractivity contribution >= 4 is 28.6 Å². The summed E-state index contributed by atoms with van der Waals surface area (Å²) in [5.74, 6) is 0.146. The first-order valence-electron chi connectivity index (χ1n) is 5.55. The second kappa shape index (κ2) is 4.23. The number of amides is 1. The molecular formula is C12H12N2OS2. The van der Waals surface area contributed by atoms with Crippen molar-refractivity contribution in [3.05, 3.63) is 27.4 Å². The van der Waals surface area contributed by atoms with Gasteiger partial charge in [-0.05, 0) is 24.8 Å². The average Bonchev–Trinajstić information content (AvgIpc) is 2.82. The van der Waals surface area contributed by atoms with Gasteiger partial charge < -0.3 is 4.90 Å². The molecule has 88 valence electrons. The smallest absolute Gasteiger partial charge is 0.265 e. The number of hydrogen-bond acceptors (Lipinski definition) is 4. The number of rotatable bonds is 2. The molecule has 0 atom stereocenters. The van der Waals surface area contributed by atoms with Crippen LogP contribution in [-0.4, -0.2) is 28.9 Å². The van der Waals surface area contributed by atoms with Gasteiger partial charge in [0.1, 0.15) is 9.88 Å². The largest absolute Gasteiger partial charge is 0.338 e. The molecule has 2 aromatic rings. The monoisotopic (exact) mass is 264 g/mol. The normalized spacial score (nSPS) is 14.8. The highest BCUT2D eigenvalue weighted by atomic mass is 32.1. The minimum Gasteiger partial charge on any atom is -0.338 e. The van der Waals surface area contributed by atoms with Crippen LogP contribution >= 0.6 is 22.7 Å². The van der Waals surface area contributed by atoms with E-state index in [2.05, 4.69) is 10.4 Å². The number of nitrogens with zero attached hydrogens (tertiary/aromatic N) is 2. The molecule has 1 aliphatic heterocycles. The molecule has 0 N–H and O–H groups in total. The summed E-state index contributed by atoms with van der Waals surface area (Å²) in [7, 11) is 0. The number of aryl methyl sites for hydroxylation is 1. The Kier molecular flexibility index (Phi) is 2.72. The molecule has 1 fully saturated rings. The predicted octanol–water partition coefficient (Wildman–Crippen LogP) is 3.03. The molecule has 0 saturated carbocycles.